The average molecular weight is 407 g/mol. The second kappa shape index (κ2) is 8.42. The normalized spacial score (nSPS) is 15.5. The molecule has 0 aromatic heterocycles. The molecule has 1 heterocycles. The molecule has 1 N–H and O–H groups in total. The van der Waals surface area contributed by atoms with Crippen molar-refractivity contribution >= 4 is 33.2 Å². The van der Waals surface area contributed by atoms with Gasteiger partial charge in [-0.1, -0.05) is 42.3 Å². The Balaban J connectivity index is 1.79. The maximum Gasteiger partial charge on any atom is 0.243 e. The molecule has 1 saturated heterocycles. The van der Waals surface area contributed by atoms with Gasteiger partial charge in [-0.05, 0) is 49.1 Å². The summed E-state index contributed by atoms with van der Waals surface area (Å²) in [6, 6.07) is 12.1. The van der Waals surface area contributed by atoms with Crippen LogP contribution >= 0.6 is 11.6 Å². The average Bonchev–Trinajstić information content (AvgIpc) is 2.66. The van der Waals surface area contributed by atoms with Crippen LogP contribution < -0.4 is 5.32 Å². The topological polar surface area (TPSA) is 66.5 Å². The van der Waals surface area contributed by atoms with Crippen molar-refractivity contribution in [1.82, 2.24) is 4.31 Å². The standard InChI is InChI=1S/C20H23ClN2O3S/c1-15-9-10-17(22-20(24)13-16-7-3-4-8-18(16)21)14-19(15)27(25,26)23-11-5-2-6-12-23/h3-4,7-10,14H,2,5-6,11-13H2,1H3,(H,22,24). The van der Waals surface area contributed by atoms with E-state index in [2.05, 4.69) is 5.32 Å². The Morgan fingerprint density at radius 3 is 2.52 bits per heavy atom. The van der Waals surface area contributed by atoms with E-state index in [1.54, 1.807) is 43.3 Å². The Morgan fingerprint density at radius 1 is 1.11 bits per heavy atom. The molecule has 3 rings (SSSR count). The van der Waals surface area contributed by atoms with Gasteiger partial charge in [-0.25, -0.2) is 8.42 Å². The highest BCUT2D eigenvalue weighted by atomic mass is 35.5. The number of hydrogen-bond donors (Lipinski definition) is 1. The Labute approximate surface area is 165 Å². The zero-order valence-electron chi connectivity index (χ0n) is 15.2. The summed E-state index contributed by atoms with van der Waals surface area (Å²) in [7, 11) is -3.56. The summed E-state index contributed by atoms with van der Waals surface area (Å²) < 4.78 is 27.5. The molecular formula is C20H23ClN2O3S. The first-order chi connectivity index (χ1) is 12.9. The van der Waals surface area contributed by atoms with Crippen molar-refractivity contribution in [1.29, 1.82) is 0 Å². The lowest BCUT2D eigenvalue weighted by atomic mass is 10.1. The van der Waals surface area contributed by atoms with Crippen LogP contribution in [0.15, 0.2) is 47.4 Å². The number of benzene rings is 2. The van der Waals surface area contributed by atoms with Crippen molar-refractivity contribution in [2.24, 2.45) is 0 Å². The van der Waals surface area contributed by atoms with E-state index < -0.39 is 10.0 Å². The summed E-state index contributed by atoms with van der Waals surface area (Å²) in [5.74, 6) is -0.242. The summed E-state index contributed by atoms with van der Waals surface area (Å²) in [5, 5.41) is 3.31. The molecule has 0 radical (unpaired) electrons. The molecule has 0 atom stereocenters. The lowest BCUT2D eigenvalue weighted by molar-refractivity contribution is -0.115. The minimum absolute atomic E-state index is 0.127. The molecule has 2 aromatic carbocycles. The number of amides is 1. The van der Waals surface area contributed by atoms with Crippen molar-refractivity contribution in [3.63, 3.8) is 0 Å². The molecule has 1 amide bonds. The lowest BCUT2D eigenvalue weighted by Gasteiger charge is -2.26. The number of sulfonamides is 1. The number of nitrogens with zero attached hydrogens (tertiary/aromatic N) is 1. The minimum atomic E-state index is -3.56. The number of nitrogens with one attached hydrogen (secondary N) is 1. The Kier molecular flexibility index (Phi) is 6.19. The van der Waals surface area contributed by atoms with Gasteiger partial charge in [-0.2, -0.15) is 4.31 Å². The van der Waals surface area contributed by atoms with Gasteiger partial charge in [0.1, 0.15) is 0 Å². The van der Waals surface area contributed by atoms with E-state index in [1.165, 1.54) is 4.31 Å². The largest absolute Gasteiger partial charge is 0.326 e. The van der Waals surface area contributed by atoms with Crippen LogP contribution in [0.25, 0.3) is 0 Å². The summed E-state index contributed by atoms with van der Waals surface area (Å²) in [6.45, 7) is 2.86. The first kappa shape index (κ1) is 19.9. The van der Waals surface area contributed by atoms with Gasteiger partial charge in [0.05, 0.1) is 11.3 Å². The van der Waals surface area contributed by atoms with Crippen LogP contribution in [0.3, 0.4) is 0 Å². The third-order valence-electron chi connectivity index (χ3n) is 4.71. The smallest absolute Gasteiger partial charge is 0.243 e. The highest BCUT2D eigenvalue weighted by Gasteiger charge is 2.27. The number of aryl methyl sites for hydroxylation is 1. The molecular weight excluding hydrogens is 384 g/mol. The first-order valence-corrected chi connectivity index (χ1v) is 10.8. The molecule has 5 nitrogen and oxygen atoms in total. The van der Waals surface area contributed by atoms with Gasteiger partial charge in [-0.3, -0.25) is 4.79 Å². The molecule has 2 aromatic rings. The molecule has 144 valence electrons. The predicted molar refractivity (Wildman–Crippen MR) is 108 cm³/mol. The Bertz CT molecular complexity index is 938. The van der Waals surface area contributed by atoms with E-state index in [4.69, 9.17) is 11.6 Å². The number of hydrogen-bond acceptors (Lipinski definition) is 3. The van der Waals surface area contributed by atoms with Crippen molar-refractivity contribution < 1.29 is 13.2 Å². The van der Waals surface area contributed by atoms with Gasteiger partial charge in [0.25, 0.3) is 0 Å². The van der Waals surface area contributed by atoms with Crippen molar-refractivity contribution in [3.8, 4) is 0 Å². The van der Waals surface area contributed by atoms with E-state index in [-0.39, 0.29) is 17.2 Å². The molecule has 0 saturated carbocycles. The van der Waals surface area contributed by atoms with E-state index >= 15 is 0 Å². The number of rotatable bonds is 5. The number of carbonyl (C=O) groups is 1. The summed E-state index contributed by atoms with van der Waals surface area (Å²) in [4.78, 5) is 12.6. The zero-order chi connectivity index (χ0) is 19.4. The van der Waals surface area contributed by atoms with Gasteiger partial charge in [0.15, 0.2) is 0 Å². The molecule has 1 fully saturated rings. The molecule has 27 heavy (non-hydrogen) atoms. The third-order valence-corrected chi connectivity index (χ3v) is 7.12. The molecule has 0 spiro atoms. The number of piperidine rings is 1. The molecule has 0 aliphatic carbocycles. The monoisotopic (exact) mass is 406 g/mol. The number of halogens is 1. The van der Waals surface area contributed by atoms with Crippen LogP contribution in [0.4, 0.5) is 5.69 Å². The molecule has 0 unspecified atom stereocenters. The van der Waals surface area contributed by atoms with Crippen LogP contribution in [0.1, 0.15) is 30.4 Å². The van der Waals surface area contributed by atoms with Crippen LogP contribution in [0.5, 0.6) is 0 Å². The lowest BCUT2D eigenvalue weighted by Crippen LogP contribution is -2.36. The summed E-state index contributed by atoms with van der Waals surface area (Å²) >= 11 is 6.10. The molecule has 7 heteroatoms. The predicted octanol–water partition coefficient (Wildman–Crippen LogP) is 4.00. The van der Waals surface area contributed by atoms with Gasteiger partial charge >= 0.3 is 0 Å². The van der Waals surface area contributed by atoms with E-state index in [0.29, 0.717) is 29.4 Å². The maximum absolute atomic E-state index is 13.0. The maximum atomic E-state index is 13.0. The second-order valence-corrected chi connectivity index (χ2v) is 9.07. The zero-order valence-corrected chi connectivity index (χ0v) is 16.8. The molecule has 1 aliphatic rings. The van der Waals surface area contributed by atoms with E-state index in [0.717, 1.165) is 24.8 Å². The van der Waals surface area contributed by atoms with Crippen molar-refractivity contribution in [3.05, 3.63) is 58.6 Å². The van der Waals surface area contributed by atoms with Crippen LogP contribution in [0.2, 0.25) is 5.02 Å². The second-order valence-electron chi connectivity index (χ2n) is 6.76. The highest BCUT2D eigenvalue weighted by molar-refractivity contribution is 7.89. The fourth-order valence-electron chi connectivity index (χ4n) is 3.22. The van der Waals surface area contributed by atoms with Gasteiger partial charge < -0.3 is 5.32 Å². The van der Waals surface area contributed by atoms with Gasteiger partial charge in [0, 0.05) is 23.8 Å². The van der Waals surface area contributed by atoms with Crippen LogP contribution in [-0.4, -0.2) is 31.7 Å². The number of anilines is 1. The minimum Gasteiger partial charge on any atom is -0.326 e. The SMILES string of the molecule is Cc1ccc(NC(=O)Cc2ccccc2Cl)cc1S(=O)(=O)N1CCCCC1. The fourth-order valence-corrected chi connectivity index (χ4v) is 5.19. The van der Waals surface area contributed by atoms with Gasteiger partial charge in [-0.15, -0.1) is 0 Å². The Morgan fingerprint density at radius 2 is 1.81 bits per heavy atom. The molecule has 1 aliphatic heterocycles. The quantitative estimate of drug-likeness (QED) is 0.815. The molecule has 0 bridgehead atoms. The van der Waals surface area contributed by atoms with Gasteiger partial charge in [0.2, 0.25) is 15.9 Å². The summed E-state index contributed by atoms with van der Waals surface area (Å²) in [5.41, 5.74) is 1.86. The summed E-state index contributed by atoms with van der Waals surface area (Å²) in [6.07, 6.45) is 2.95. The van der Waals surface area contributed by atoms with Crippen molar-refractivity contribution in [2.45, 2.75) is 37.5 Å². The van der Waals surface area contributed by atoms with Crippen molar-refractivity contribution in [2.75, 3.05) is 18.4 Å². The van der Waals surface area contributed by atoms with Crippen LogP contribution in [0, 0.1) is 6.92 Å². The van der Waals surface area contributed by atoms with E-state index in [9.17, 15) is 13.2 Å². The fraction of sp³-hybridized carbons (Fsp3) is 0.350. The third kappa shape index (κ3) is 4.69. The van der Waals surface area contributed by atoms with E-state index in [1.807, 2.05) is 6.07 Å². The number of carbonyl (C=O) groups excluding carboxylic acids is 1. The first-order valence-electron chi connectivity index (χ1n) is 9.02. The Hall–Kier alpha value is -1.89. The highest BCUT2D eigenvalue weighted by Crippen LogP contribution is 2.26. The van der Waals surface area contributed by atoms with Crippen LogP contribution in [-0.2, 0) is 21.2 Å².